The van der Waals surface area contributed by atoms with Crippen LogP contribution in [-0.4, -0.2) is 22.7 Å². The van der Waals surface area contributed by atoms with Crippen LogP contribution in [0.1, 0.15) is 137 Å². The van der Waals surface area contributed by atoms with Crippen molar-refractivity contribution in [3.63, 3.8) is 0 Å². The lowest BCUT2D eigenvalue weighted by Crippen LogP contribution is -2.35. The fraction of sp³-hybridized carbons (Fsp3) is 0.606. The third-order valence-corrected chi connectivity index (χ3v) is 8.80. The molecule has 2 nitrogen and oxygen atoms in total. The van der Waals surface area contributed by atoms with Gasteiger partial charge in [-0.15, -0.1) is 11.8 Å². The number of benzene rings is 2. The summed E-state index contributed by atoms with van der Waals surface area (Å²) in [4.78, 5) is 14.2. The second kappa shape index (κ2) is 13.3. The van der Waals surface area contributed by atoms with Crippen molar-refractivity contribution in [2.75, 3.05) is 6.26 Å². The van der Waals surface area contributed by atoms with Crippen molar-refractivity contribution in [2.24, 2.45) is 0 Å². The molecule has 2 aromatic carbocycles. The number of carbonyl (C=O) groups excluding carboxylic acids is 1. The summed E-state index contributed by atoms with van der Waals surface area (Å²) in [5.41, 5.74) is 4.73. The minimum Gasteiger partial charge on any atom is -0.382 e. The van der Waals surface area contributed by atoms with Crippen molar-refractivity contribution < 1.29 is 9.90 Å². The average Bonchev–Trinajstić information content (AvgIpc) is 2.90. The van der Waals surface area contributed by atoms with Crippen LogP contribution in [-0.2, 0) is 11.8 Å². The monoisotopic (exact) mass is 508 g/mol. The molecule has 4 rings (SSSR count). The summed E-state index contributed by atoms with van der Waals surface area (Å²) in [7, 11) is 0. The molecule has 0 atom stereocenters. The lowest BCUT2D eigenvalue weighted by atomic mass is 9.61. The standard InChI is InChI=1S/C27H36O2S.C6H12/c1-6-8-14-27(15-9-7-2)23-17-21(25(28)26(3,4)29)11-10-19(23)16-20-12-13-22(30-5)18-24(20)27;1-2-4-6-5-3-1/h10-13,17-18,29H,6-9,14-16H2,1-5H3;1-6H2. The van der Waals surface area contributed by atoms with E-state index in [2.05, 4.69) is 50.4 Å². The van der Waals surface area contributed by atoms with Gasteiger partial charge in [-0.1, -0.05) is 96.3 Å². The molecule has 0 saturated heterocycles. The Morgan fingerprint density at radius 1 is 0.861 bits per heavy atom. The van der Waals surface area contributed by atoms with Crippen LogP contribution >= 0.6 is 11.8 Å². The Balaban J connectivity index is 0.000000526. The Bertz CT molecular complexity index is 978. The molecular weight excluding hydrogens is 460 g/mol. The molecule has 3 heteroatoms. The van der Waals surface area contributed by atoms with Crippen molar-refractivity contribution in [2.45, 2.75) is 127 Å². The number of carbonyl (C=O) groups is 1. The fourth-order valence-electron chi connectivity index (χ4n) is 5.98. The first-order valence-electron chi connectivity index (χ1n) is 14.3. The van der Waals surface area contributed by atoms with Crippen LogP contribution in [0.15, 0.2) is 41.3 Å². The van der Waals surface area contributed by atoms with Gasteiger partial charge in [0, 0.05) is 15.9 Å². The van der Waals surface area contributed by atoms with Crippen LogP contribution in [0, 0.1) is 0 Å². The topological polar surface area (TPSA) is 37.3 Å². The first-order valence-corrected chi connectivity index (χ1v) is 15.6. The highest BCUT2D eigenvalue weighted by Crippen LogP contribution is 2.49. The highest BCUT2D eigenvalue weighted by atomic mass is 32.2. The first kappa shape index (κ1) is 29.0. The van der Waals surface area contributed by atoms with E-state index in [1.165, 1.54) is 65.7 Å². The normalized spacial score (nSPS) is 16.4. The maximum Gasteiger partial charge on any atom is 0.193 e. The van der Waals surface area contributed by atoms with Gasteiger partial charge in [-0.2, -0.15) is 0 Å². The Hall–Kier alpha value is -1.58. The second-order valence-corrected chi connectivity index (χ2v) is 12.3. The third-order valence-electron chi connectivity index (χ3n) is 8.07. The molecule has 36 heavy (non-hydrogen) atoms. The molecule has 0 aromatic heterocycles. The van der Waals surface area contributed by atoms with Crippen LogP contribution in [0.4, 0.5) is 0 Å². The maximum atomic E-state index is 12.9. The van der Waals surface area contributed by atoms with Crippen molar-refractivity contribution in [3.05, 3.63) is 64.2 Å². The van der Waals surface area contributed by atoms with Crippen molar-refractivity contribution >= 4 is 17.5 Å². The summed E-state index contributed by atoms with van der Waals surface area (Å²) in [6.45, 7) is 7.67. The molecule has 0 bridgehead atoms. The predicted octanol–water partition coefficient (Wildman–Crippen LogP) is 9.27. The van der Waals surface area contributed by atoms with Gasteiger partial charge in [0.25, 0.3) is 0 Å². The molecule has 1 saturated carbocycles. The Kier molecular flexibility index (Phi) is 10.7. The van der Waals surface area contributed by atoms with Crippen LogP contribution in [0.25, 0.3) is 0 Å². The van der Waals surface area contributed by atoms with Gasteiger partial charge in [0.1, 0.15) is 5.60 Å². The quantitative estimate of drug-likeness (QED) is 0.271. The highest BCUT2D eigenvalue weighted by Gasteiger charge is 2.40. The van der Waals surface area contributed by atoms with Gasteiger partial charge >= 0.3 is 0 Å². The van der Waals surface area contributed by atoms with E-state index in [0.29, 0.717) is 5.56 Å². The van der Waals surface area contributed by atoms with E-state index in [1.54, 1.807) is 25.6 Å². The van der Waals surface area contributed by atoms with Crippen molar-refractivity contribution in [3.8, 4) is 0 Å². The van der Waals surface area contributed by atoms with Crippen LogP contribution in [0.5, 0.6) is 0 Å². The third kappa shape index (κ3) is 6.84. The van der Waals surface area contributed by atoms with Gasteiger partial charge in [-0.05, 0) is 79.8 Å². The van der Waals surface area contributed by atoms with Gasteiger partial charge in [0.05, 0.1) is 0 Å². The maximum absolute atomic E-state index is 12.9. The van der Waals surface area contributed by atoms with Crippen LogP contribution in [0.3, 0.4) is 0 Å². The summed E-state index contributed by atoms with van der Waals surface area (Å²) in [5.74, 6) is -0.200. The Labute approximate surface area is 224 Å². The summed E-state index contributed by atoms with van der Waals surface area (Å²) >= 11 is 1.80. The number of hydrogen-bond donors (Lipinski definition) is 1. The number of ketones is 1. The zero-order chi connectivity index (χ0) is 26.2. The molecule has 0 aliphatic heterocycles. The molecule has 1 N–H and O–H groups in total. The zero-order valence-electron chi connectivity index (χ0n) is 23.4. The molecule has 198 valence electrons. The average molecular weight is 509 g/mol. The van der Waals surface area contributed by atoms with Crippen LogP contribution in [0.2, 0.25) is 0 Å². The highest BCUT2D eigenvalue weighted by molar-refractivity contribution is 7.98. The van der Waals surface area contributed by atoms with E-state index in [9.17, 15) is 9.90 Å². The molecule has 2 aliphatic rings. The van der Waals surface area contributed by atoms with Crippen molar-refractivity contribution in [1.82, 2.24) is 0 Å². The molecule has 0 radical (unpaired) electrons. The molecule has 1 fully saturated rings. The SMILES string of the molecule is C1CCCCC1.CCCCC1(CCCC)c2cc(SC)ccc2Cc2ccc(C(=O)C(C)(C)O)cc21. The molecule has 0 amide bonds. The van der Waals surface area contributed by atoms with E-state index in [4.69, 9.17) is 0 Å². The minimum absolute atomic E-state index is 0.0590. The summed E-state index contributed by atoms with van der Waals surface area (Å²) in [6.07, 6.45) is 18.9. The van der Waals surface area contributed by atoms with E-state index in [-0.39, 0.29) is 11.2 Å². The van der Waals surface area contributed by atoms with Crippen molar-refractivity contribution in [1.29, 1.82) is 0 Å². The van der Waals surface area contributed by atoms with Crippen LogP contribution < -0.4 is 0 Å². The number of hydrogen-bond acceptors (Lipinski definition) is 3. The number of fused-ring (bicyclic) bond motifs is 2. The van der Waals surface area contributed by atoms with E-state index in [1.807, 2.05) is 6.07 Å². The van der Waals surface area contributed by atoms with E-state index in [0.717, 1.165) is 44.9 Å². The largest absolute Gasteiger partial charge is 0.382 e. The molecule has 0 spiro atoms. The molecular formula is C33H48O2S. The number of thioether (sulfide) groups is 1. The summed E-state index contributed by atoms with van der Waals surface area (Å²) in [6, 6.07) is 13.1. The van der Waals surface area contributed by atoms with Gasteiger partial charge < -0.3 is 5.11 Å². The van der Waals surface area contributed by atoms with Gasteiger partial charge in [-0.25, -0.2) is 0 Å². The summed E-state index contributed by atoms with van der Waals surface area (Å²) < 4.78 is 0. The molecule has 0 unspecified atom stereocenters. The fourth-order valence-corrected chi connectivity index (χ4v) is 6.42. The summed E-state index contributed by atoms with van der Waals surface area (Å²) in [5, 5.41) is 10.3. The Morgan fingerprint density at radius 2 is 1.36 bits per heavy atom. The smallest absolute Gasteiger partial charge is 0.193 e. The van der Waals surface area contributed by atoms with Gasteiger partial charge in [0.2, 0.25) is 0 Å². The lowest BCUT2D eigenvalue weighted by Gasteiger charge is -2.42. The number of aliphatic hydroxyl groups is 1. The number of rotatable bonds is 9. The lowest BCUT2D eigenvalue weighted by molar-refractivity contribution is 0.0488. The van der Waals surface area contributed by atoms with Gasteiger partial charge in [0.15, 0.2) is 5.78 Å². The number of Topliss-reactive ketones (excluding diaryl/α,β-unsaturated/α-hetero) is 1. The number of unbranched alkanes of at least 4 members (excludes halogenated alkanes) is 2. The zero-order valence-corrected chi connectivity index (χ0v) is 24.2. The Morgan fingerprint density at radius 3 is 1.83 bits per heavy atom. The second-order valence-electron chi connectivity index (χ2n) is 11.4. The predicted molar refractivity (Wildman–Crippen MR) is 156 cm³/mol. The minimum atomic E-state index is -1.36. The first-order chi connectivity index (χ1) is 17.3. The molecule has 0 heterocycles. The van der Waals surface area contributed by atoms with E-state index < -0.39 is 5.60 Å². The molecule has 2 aliphatic carbocycles. The molecule has 2 aromatic rings. The van der Waals surface area contributed by atoms with E-state index >= 15 is 0 Å². The van der Waals surface area contributed by atoms with Gasteiger partial charge in [-0.3, -0.25) is 4.79 Å².